The summed E-state index contributed by atoms with van der Waals surface area (Å²) in [5, 5.41) is 6.23. The van der Waals surface area contributed by atoms with Gasteiger partial charge in [0.25, 0.3) is 0 Å². The van der Waals surface area contributed by atoms with Crippen molar-refractivity contribution in [3.63, 3.8) is 0 Å². The Morgan fingerprint density at radius 1 is 1.39 bits per heavy atom. The lowest BCUT2D eigenvalue weighted by Crippen LogP contribution is -2.33. The van der Waals surface area contributed by atoms with Gasteiger partial charge in [0.15, 0.2) is 0 Å². The van der Waals surface area contributed by atoms with Gasteiger partial charge in [0, 0.05) is 30.0 Å². The number of carbonyl (C=O) groups is 1. The molecule has 1 unspecified atom stereocenters. The highest BCUT2D eigenvalue weighted by Gasteiger charge is 2.04. The van der Waals surface area contributed by atoms with E-state index in [0.717, 1.165) is 17.4 Å². The maximum atomic E-state index is 11.5. The number of nitrogens with one attached hydrogen (secondary N) is 2. The largest absolute Gasteiger partial charge is 0.354 e. The predicted octanol–water partition coefficient (Wildman–Crippen LogP) is 2.84. The molecule has 0 saturated carbocycles. The second-order valence-electron chi connectivity index (χ2n) is 4.39. The molecular formula is C14H21BrN2O. The van der Waals surface area contributed by atoms with E-state index in [0.29, 0.717) is 13.0 Å². The molecule has 0 radical (unpaired) electrons. The van der Waals surface area contributed by atoms with Gasteiger partial charge in [0.1, 0.15) is 0 Å². The molecule has 0 bridgehead atoms. The zero-order valence-corrected chi connectivity index (χ0v) is 12.6. The first-order valence-electron chi connectivity index (χ1n) is 6.37. The predicted molar refractivity (Wildman–Crippen MR) is 78.4 cm³/mol. The lowest BCUT2D eigenvalue weighted by molar-refractivity contribution is -0.121. The molecule has 1 aromatic rings. The number of benzene rings is 1. The zero-order valence-electron chi connectivity index (χ0n) is 11.0. The highest BCUT2D eigenvalue weighted by Crippen LogP contribution is 2.15. The molecule has 0 aliphatic rings. The molecule has 100 valence electrons. The van der Waals surface area contributed by atoms with Crippen LogP contribution in [0.5, 0.6) is 0 Å². The van der Waals surface area contributed by atoms with Crippen molar-refractivity contribution in [2.75, 3.05) is 6.54 Å². The molecule has 1 rings (SSSR count). The fourth-order valence-corrected chi connectivity index (χ4v) is 1.94. The van der Waals surface area contributed by atoms with Gasteiger partial charge in [-0.2, -0.15) is 0 Å². The van der Waals surface area contributed by atoms with Crippen LogP contribution in [-0.2, 0) is 11.3 Å². The van der Waals surface area contributed by atoms with Crippen molar-refractivity contribution >= 4 is 21.8 Å². The Morgan fingerprint density at radius 3 is 2.78 bits per heavy atom. The lowest BCUT2D eigenvalue weighted by Gasteiger charge is -2.11. The summed E-state index contributed by atoms with van der Waals surface area (Å²) in [5.41, 5.74) is 1.21. The van der Waals surface area contributed by atoms with Crippen LogP contribution in [-0.4, -0.2) is 18.5 Å². The summed E-state index contributed by atoms with van der Waals surface area (Å²) in [5.74, 6) is 0.115. The average Bonchev–Trinajstić information content (AvgIpc) is 2.36. The Balaban J connectivity index is 2.19. The summed E-state index contributed by atoms with van der Waals surface area (Å²) >= 11 is 3.50. The van der Waals surface area contributed by atoms with Crippen molar-refractivity contribution in [1.29, 1.82) is 0 Å². The fraction of sp³-hybridized carbons (Fsp3) is 0.500. The number of hydrogen-bond donors (Lipinski definition) is 2. The highest BCUT2D eigenvalue weighted by atomic mass is 79.9. The van der Waals surface area contributed by atoms with Crippen LogP contribution in [0.3, 0.4) is 0 Å². The molecule has 0 fully saturated rings. The third-order valence-electron chi connectivity index (χ3n) is 2.82. The molecule has 2 N–H and O–H groups in total. The molecule has 1 atom stereocenters. The Hall–Kier alpha value is -0.870. The molecule has 0 aromatic heterocycles. The second kappa shape index (κ2) is 8.27. The maximum Gasteiger partial charge on any atom is 0.221 e. The van der Waals surface area contributed by atoms with E-state index in [-0.39, 0.29) is 11.9 Å². The summed E-state index contributed by atoms with van der Waals surface area (Å²) < 4.78 is 1.10. The van der Waals surface area contributed by atoms with Crippen molar-refractivity contribution < 1.29 is 4.79 Å². The van der Waals surface area contributed by atoms with Crippen molar-refractivity contribution in [2.45, 2.75) is 39.3 Å². The van der Waals surface area contributed by atoms with Crippen LogP contribution in [0.15, 0.2) is 28.7 Å². The van der Waals surface area contributed by atoms with E-state index in [1.54, 1.807) is 0 Å². The first-order chi connectivity index (χ1) is 8.63. The summed E-state index contributed by atoms with van der Waals surface area (Å²) in [6.07, 6.45) is 1.49. The van der Waals surface area contributed by atoms with Crippen LogP contribution in [0.4, 0.5) is 0 Å². The van der Waals surface area contributed by atoms with Crippen LogP contribution in [0.25, 0.3) is 0 Å². The van der Waals surface area contributed by atoms with Crippen LogP contribution >= 0.6 is 15.9 Å². The molecule has 0 spiro atoms. The normalized spacial score (nSPS) is 12.2. The van der Waals surface area contributed by atoms with Crippen LogP contribution < -0.4 is 10.6 Å². The molecular weight excluding hydrogens is 292 g/mol. The molecule has 0 aliphatic heterocycles. The summed E-state index contributed by atoms with van der Waals surface area (Å²) in [6.45, 7) is 5.56. The van der Waals surface area contributed by atoms with Crippen molar-refractivity contribution in [3.8, 4) is 0 Å². The van der Waals surface area contributed by atoms with Crippen LogP contribution in [0.1, 0.15) is 32.3 Å². The number of hydrogen-bond acceptors (Lipinski definition) is 2. The van der Waals surface area contributed by atoms with Gasteiger partial charge in [-0.05, 0) is 25.0 Å². The van der Waals surface area contributed by atoms with E-state index in [1.165, 1.54) is 5.56 Å². The van der Waals surface area contributed by atoms with E-state index in [9.17, 15) is 4.79 Å². The minimum atomic E-state index is 0.115. The minimum absolute atomic E-state index is 0.115. The Kier molecular flexibility index (Phi) is 6.98. The monoisotopic (exact) mass is 312 g/mol. The van der Waals surface area contributed by atoms with Crippen LogP contribution in [0.2, 0.25) is 0 Å². The number of amides is 1. The molecule has 1 amide bonds. The quantitative estimate of drug-likeness (QED) is 0.760. The summed E-state index contributed by atoms with van der Waals surface area (Å²) in [4.78, 5) is 11.5. The molecule has 0 aliphatic carbocycles. The van der Waals surface area contributed by atoms with E-state index >= 15 is 0 Å². The van der Waals surface area contributed by atoms with Crippen molar-refractivity contribution in [1.82, 2.24) is 10.6 Å². The molecule has 1 aromatic carbocycles. The Bertz CT molecular complexity index is 382. The smallest absolute Gasteiger partial charge is 0.221 e. The Labute approximate surface area is 117 Å². The van der Waals surface area contributed by atoms with Gasteiger partial charge in [0.2, 0.25) is 5.91 Å². The summed E-state index contributed by atoms with van der Waals surface area (Å²) in [7, 11) is 0. The maximum absolute atomic E-state index is 11.5. The Morgan fingerprint density at radius 2 is 2.11 bits per heavy atom. The van der Waals surface area contributed by atoms with Gasteiger partial charge >= 0.3 is 0 Å². The first kappa shape index (κ1) is 15.2. The molecule has 0 saturated heterocycles. The summed E-state index contributed by atoms with van der Waals surface area (Å²) in [6, 6.07) is 8.36. The van der Waals surface area contributed by atoms with Gasteiger partial charge in [-0.1, -0.05) is 41.1 Å². The van der Waals surface area contributed by atoms with Crippen molar-refractivity contribution in [3.05, 3.63) is 34.3 Å². The average molecular weight is 313 g/mol. The topological polar surface area (TPSA) is 41.1 Å². The van der Waals surface area contributed by atoms with Gasteiger partial charge < -0.3 is 10.6 Å². The van der Waals surface area contributed by atoms with Gasteiger partial charge in [-0.15, -0.1) is 0 Å². The number of carbonyl (C=O) groups excluding carboxylic acids is 1. The van der Waals surface area contributed by atoms with Gasteiger partial charge in [0.05, 0.1) is 0 Å². The molecule has 4 heteroatoms. The van der Waals surface area contributed by atoms with E-state index in [1.807, 2.05) is 25.1 Å². The van der Waals surface area contributed by atoms with Gasteiger partial charge in [-0.25, -0.2) is 0 Å². The fourth-order valence-electron chi connectivity index (χ4n) is 1.52. The standard InChI is InChI=1S/C14H21BrN2O/c1-3-11(2)17-14(18)8-9-16-10-12-6-4-5-7-13(12)15/h4-7,11,16H,3,8-10H2,1-2H3,(H,17,18). The lowest BCUT2D eigenvalue weighted by atomic mass is 10.2. The number of rotatable bonds is 7. The SMILES string of the molecule is CCC(C)NC(=O)CCNCc1ccccc1Br. The first-order valence-corrected chi connectivity index (χ1v) is 7.16. The molecule has 3 nitrogen and oxygen atoms in total. The highest BCUT2D eigenvalue weighted by molar-refractivity contribution is 9.10. The molecule has 18 heavy (non-hydrogen) atoms. The van der Waals surface area contributed by atoms with E-state index in [2.05, 4.69) is 39.6 Å². The third kappa shape index (κ3) is 5.65. The third-order valence-corrected chi connectivity index (χ3v) is 3.60. The minimum Gasteiger partial charge on any atom is -0.354 e. The van der Waals surface area contributed by atoms with E-state index in [4.69, 9.17) is 0 Å². The van der Waals surface area contributed by atoms with Gasteiger partial charge in [-0.3, -0.25) is 4.79 Å². The second-order valence-corrected chi connectivity index (χ2v) is 5.25. The van der Waals surface area contributed by atoms with Crippen LogP contribution in [0, 0.1) is 0 Å². The molecule has 0 heterocycles. The van der Waals surface area contributed by atoms with Crippen molar-refractivity contribution in [2.24, 2.45) is 0 Å². The van der Waals surface area contributed by atoms with E-state index < -0.39 is 0 Å². The zero-order chi connectivity index (χ0) is 13.4. The number of halogens is 1.